The van der Waals surface area contributed by atoms with Crippen LogP contribution in [0.4, 0.5) is 4.79 Å². The summed E-state index contributed by atoms with van der Waals surface area (Å²) >= 11 is 12.3. The predicted molar refractivity (Wildman–Crippen MR) is 133 cm³/mol. The molecule has 2 unspecified atom stereocenters. The monoisotopic (exact) mass is 516 g/mol. The average Bonchev–Trinajstić information content (AvgIpc) is 3.17. The molecule has 6 nitrogen and oxygen atoms in total. The fraction of sp³-hybridized carbons (Fsp3) is 0.240. The minimum absolute atomic E-state index is 0.0761. The smallest absolute Gasteiger partial charge is 0.410 e. The number of H-pyrrole nitrogens is 1. The third-order valence-electron chi connectivity index (χ3n) is 6.17. The van der Waals surface area contributed by atoms with Gasteiger partial charge in [0, 0.05) is 34.1 Å². The molecule has 0 saturated carbocycles. The van der Waals surface area contributed by atoms with Gasteiger partial charge in [0.05, 0.1) is 10.3 Å². The number of hydrogen-bond acceptors (Lipinski definition) is 4. The summed E-state index contributed by atoms with van der Waals surface area (Å²) in [5, 5.41) is 2.54. The van der Waals surface area contributed by atoms with Crippen LogP contribution in [0.1, 0.15) is 29.3 Å². The van der Waals surface area contributed by atoms with Crippen molar-refractivity contribution in [3.05, 3.63) is 80.9 Å². The van der Waals surface area contributed by atoms with Crippen molar-refractivity contribution in [3.8, 4) is 5.75 Å². The van der Waals surface area contributed by atoms with Crippen LogP contribution in [0.25, 0.3) is 12.2 Å². The molecule has 0 fully saturated rings. The largest absolute Gasteiger partial charge is 0.416 e. The lowest BCUT2D eigenvalue weighted by molar-refractivity contribution is 0.135. The number of sulfone groups is 1. The first-order valence-corrected chi connectivity index (χ1v) is 13.5. The van der Waals surface area contributed by atoms with Gasteiger partial charge in [-0.15, -0.1) is 11.6 Å². The summed E-state index contributed by atoms with van der Waals surface area (Å²) in [4.78, 5) is 18.7. The average molecular weight is 517 g/mol. The number of nitrogens with one attached hydrogen (secondary N) is 1. The van der Waals surface area contributed by atoms with Gasteiger partial charge in [-0.3, -0.25) is 4.90 Å². The van der Waals surface area contributed by atoms with E-state index >= 15 is 0 Å². The lowest BCUT2D eigenvalue weighted by atomic mass is 9.93. The summed E-state index contributed by atoms with van der Waals surface area (Å²) in [5.41, 5.74) is 2.78. The van der Waals surface area contributed by atoms with E-state index in [1.165, 1.54) is 6.26 Å². The number of benzene rings is 2. The Morgan fingerprint density at radius 2 is 1.82 bits per heavy atom. The fourth-order valence-corrected chi connectivity index (χ4v) is 5.52. The second-order valence-corrected chi connectivity index (χ2v) is 11.5. The Kier molecular flexibility index (Phi) is 5.96. The van der Waals surface area contributed by atoms with Crippen LogP contribution < -0.4 is 15.3 Å². The van der Waals surface area contributed by atoms with Gasteiger partial charge in [0.25, 0.3) is 0 Å². The van der Waals surface area contributed by atoms with E-state index in [-0.39, 0.29) is 10.3 Å². The molecular formula is C25H22Cl2N2O4S. The van der Waals surface area contributed by atoms with Crippen molar-refractivity contribution in [3.63, 3.8) is 0 Å². The topological polar surface area (TPSA) is 79.5 Å². The minimum atomic E-state index is -3.34. The molecule has 176 valence electrons. The van der Waals surface area contributed by atoms with Crippen molar-refractivity contribution in [1.82, 2.24) is 9.88 Å². The molecule has 0 saturated heterocycles. The number of halogens is 2. The fourth-order valence-electron chi connectivity index (χ4n) is 4.55. The van der Waals surface area contributed by atoms with Crippen LogP contribution in [0.2, 0.25) is 5.02 Å². The van der Waals surface area contributed by atoms with Gasteiger partial charge in [-0.1, -0.05) is 35.9 Å². The third-order valence-corrected chi connectivity index (χ3v) is 7.85. The molecule has 2 aliphatic rings. The zero-order valence-corrected chi connectivity index (χ0v) is 20.6. The summed E-state index contributed by atoms with van der Waals surface area (Å²) < 4.78 is 29.6. The predicted octanol–water partition coefficient (Wildman–Crippen LogP) is 3.79. The summed E-state index contributed by atoms with van der Waals surface area (Å²) in [6.45, 7) is 0.434. The second-order valence-electron chi connectivity index (χ2n) is 8.48. The first kappa shape index (κ1) is 23.0. The maximum Gasteiger partial charge on any atom is 0.416 e. The number of rotatable bonds is 3. The highest BCUT2D eigenvalue weighted by atomic mass is 35.5. The molecule has 1 aliphatic heterocycles. The maximum atomic E-state index is 13.3. The molecule has 2 heterocycles. The highest BCUT2D eigenvalue weighted by Crippen LogP contribution is 2.34. The maximum absolute atomic E-state index is 13.3. The van der Waals surface area contributed by atoms with E-state index in [0.717, 1.165) is 33.8 Å². The Morgan fingerprint density at radius 3 is 2.50 bits per heavy atom. The Labute approximate surface area is 207 Å². The standard InChI is InChI=1S/C25H22Cl2N2O4S/c1-34(31,32)19-9-2-15(3-10-19)24-23-20(21-14-17(27)6-11-22(21)28-23)12-13-29(24)25(30)33-18-7-4-16(26)5-8-18/h2-5,7-11,14,17,24,28H,6,12-13H2,1H3. The van der Waals surface area contributed by atoms with E-state index in [2.05, 4.69) is 17.1 Å². The molecule has 2 aromatic carbocycles. The number of nitrogens with zero attached hydrogens (tertiary/aromatic N) is 1. The number of aromatic nitrogens is 1. The number of alkyl halides is 1. The Hall–Kier alpha value is -2.74. The third kappa shape index (κ3) is 4.35. The van der Waals surface area contributed by atoms with E-state index in [1.807, 2.05) is 0 Å². The van der Waals surface area contributed by atoms with Gasteiger partial charge in [-0.05, 0) is 60.4 Å². The van der Waals surface area contributed by atoms with Crippen LogP contribution in [0.15, 0.2) is 53.4 Å². The number of carbonyl (C=O) groups excluding carboxylic acids is 1. The van der Waals surface area contributed by atoms with Gasteiger partial charge in [0.15, 0.2) is 9.84 Å². The Balaban J connectivity index is 1.58. The van der Waals surface area contributed by atoms with E-state index in [0.29, 0.717) is 23.7 Å². The molecule has 1 amide bonds. The van der Waals surface area contributed by atoms with E-state index in [1.54, 1.807) is 53.4 Å². The second kappa shape index (κ2) is 8.80. The van der Waals surface area contributed by atoms with Crippen molar-refractivity contribution in [1.29, 1.82) is 0 Å². The van der Waals surface area contributed by atoms with Gasteiger partial charge >= 0.3 is 6.09 Å². The quantitative estimate of drug-likeness (QED) is 0.537. The zero-order chi connectivity index (χ0) is 24.0. The summed E-state index contributed by atoms with van der Waals surface area (Å²) in [5.74, 6) is 0.392. The van der Waals surface area contributed by atoms with Crippen LogP contribution >= 0.6 is 23.2 Å². The van der Waals surface area contributed by atoms with E-state index < -0.39 is 22.0 Å². The normalized spacial score (nSPS) is 19.4. The molecule has 5 rings (SSSR count). The molecule has 1 N–H and O–H groups in total. The van der Waals surface area contributed by atoms with Crippen molar-refractivity contribution in [2.75, 3.05) is 12.8 Å². The number of fused-ring (bicyclic) bond motifs is 3. The molecule has 2 atom stereocenters. The molecule has 9 heteroatoms. The number of ether oxygens (including phenoxy) is 1. The zero-order valence-electron chi connectivity index (χ0n) is 18.3. The molecule has 1 aromatic heterocycles. The number of aromatic amines is 1. The van der Waals surface area contributed by atoms with Crippen molar-refractivity contribution in [2.45, 2.75) is 29.2 Å². The van der Waals surface area contributed by atoms with E-state index in [9.17, 15) is 13.2 Å². The molecule has 0 spiro atoms. The van der Waals surface area contributed by atoms with Gasteiger partial charge in [0.1, 0.15) is 11.8 Å². The van der Waals surface area contributed by atoms with Gasteiger partial charge < -0.3 is 9.72 Å². The van der Waals surface area contributed by atoms with Gasteiger partial charge in [-0.25, -0.2) is 13.2 Å². The van der Waals surface area contributed by atoms with Crippen LogP contribution in [-0.2, 0) is 16.3 Å². The number of amides is 1. The Morgan fingerprint density at radius 1 is 1.12 bits per heavy atom. The number of carbonyl (C=O) groups is 1. The van der Waals surface area contributed by atoms with Crippen LogP contribution in [0, 0.1) is 0 Å². The molecule has 34 heavy (non-hydrogen) atoms. The van der Waals surface area contributed by atoms with Crippen molar-refractivity contribution < 1.29 is 17.9 Å². The van der Waals surface area contributed by atoms with Gasteiger partial charge in [-0.2, -0.15) is 0 Å². The number of hydrogen-bond donors (Lipinski definition) is 1. The molecule has 0 bridgehead atoms. The van der Waals surface area contributed by atoms with Crippen LogP contribution in [0.3, 0.4) is 0 Å². The molecule has 0 radical (unpaired) electrons. The molecule has 1 aliphatic carbocycles. The van der Waals surface area contributed by atoms with E-state index in [4.69, 9.17) is 27.9 Å². The van der Waals surface area contributed by atoms with Crippen molar-refractivity contribution in [2.24, 2.45) is 0 Å². The first-order chi connectivity index (χ1) is 16.2. The lowest BCUT2D eigenvalue weighted by Crippen LogP contribution is -2.43. The van der Waals surface area contributed by atoms with Gasteiger partial charge in [0.2, 0.25) is 0 Å². The molecule has 3 aromatic rings. The highest BCUT2D eigenvalue weighted by molar-refractivity contribution is 7.90. The van der Waals surface area contributed by atoms with Crippen LogP contribution in [0.5, 0.6) is 5.75 Å². The summed E-state index contributed by atoms with van der Waals surface area (Å²) in [7, 11) is -3.34. The summed E-state index contributed by atoms with van der Waals surface area (Å²) in [6, 6.07) is 12.8. The summed E-state index contributed by atoms with van der Waals surface area (Å²) in [6.07, 6.45) is 6.17. The van der Waals surface area contributed by atoms with Crippen LogP contribution in [-0.4, -0.2) is 42.6 Å². The first-order valence-electron chi connectivity index (χ1n) is 10.8. The minimum Gasteiger partial charge on any atom is -0.410 e. The molecular weight excluding hydrogens is 495 g/mol. The lowest BCUT2D eigenvalue weighted by Gasteiger charge is -2.35. The SMILES string of the molecule is CS(=O)(=O)c1ccc(C2c3[nH]c4c(c3CCN2C(=O)Oc2ccc(Cl)cc2)=CC(Cl)CC=4)cc1. The Bertz CT molecular complexity index is 1480. The van der Waals surface area contributed by atoms with Crippen molar-refractivity contribution >= 4 is 51.3 Å². The highest BCUT2D eigenvalue weighted by Gasteiger charge is 2.35.